The van der Waals surface area contributed by atoms with E-state index >= 15 is 0 Å². The number of carboxylic acid groups (broad SMARTS) is 1. The first-order chi connectivity index (χ1) is 11.6. The third-order valence-corrected chi connectivity index (χ3v) is 3.77. The largest absolute Gasteiger partial charge is 0.494 e. The van der Waals surface area contributed by atoms with Gasteiger partial charge in [0.1, 0.15) is 5.75 Å². The van der Waals surface area contributed by atoms with Crippen LogP contribution in [-0.4, -0.2) is 30.1 Å². The summed E-state index contributed by atoms with van der Waals surface area (Å²) in [7, 11) is 0. The second-order valence-electron chi connectivity index (χ2n) is 5.73. The Hall–Kier alpha value is -2.56. The van der Waals surface area contributed by atoms with Crippen LogP contribution in [0.3, 0.4) is 0 Å². The van der Waals surface area contributed by atoms with E-state index in [1.54, 1.807) is 0 Å². The van der Waals surface area contributed by atoms with Gasteiger partial charge in [-0.3, -0.25) is 9.59 Å². The molecular formula is C19H23NO4. The maximum atomic E-state index is 11.0. The second kappa shape index (κ2) is 8.91. The summed E-state index contributed by atoms with van der Waals surface area (Å²) in [6.07, 6.45) is 2.27. The Morgan fingerprint density at radius 2 is 2.00 bits per heavy atom. The fourth-order valence-corrected chi connectivity index (χ4v) is 2.57. The summed E-state index contributed by atoms with van der Waals surface area (Å²) < 4.78 is 5.73. The molecule has 1 amide bonds. The van der Waals surface area contributed by atoms with Gasteiger partial charge in [0.25, 0.3) is 0 Å². The van der Waals surface area contributed by atoms with Gasteiger partial charge in [-0.2, -0.15) is 0 Å². The molecule has 2 aromatic carbocycles. The van der Waals surface area contributed by atoms with Crippen molar-refractivity contribution >= 4 is 22.6 Å². The highest BCUT2D eigenvalue weighted by Gasteiger charge is 2.04. The van der Waals surface area contributed by atoms with Crippen LogP contribution in [0.1, 0.15) is 31.7 Å². The van der Waals surface area contributed by atoms with Crippen LogP contribution in [0.5, 0.6) is 5.75 Å². The number of fused-ring (bicyclic) bond motifs is 1. The van der Waals surface area contributed by atoms with Gasteiger partial charge in [0, 0.05) is 19.9 Å². The maximum absolute atomic E-state index is 11.0. The number of carbonyl (C=O) groups excluding carboxylic acids is 1. The first-order valence-corrected chi connectivity index (χ1v) is 8.17. The van der Waals surface area contributed by atoms with E-state index in [9.17, 15) is 9.59 Å². The Labute approximate surface area is 141 Å². The zero-order valence-corrected chi connectivity index (χ0v) is 13.9. The van der Waals surface area contributed by atoms with Crippen LogP contribution in [0.2, 0.25) is 0 Å². The van der Waals surface area contributed by atoms with Crippen molar-refractivity contribution in [3.05, 3.63) is 42.0 Å². The number of aliphatic carboxylic acids is 1. The van der Waals surface area contributed by atoms with E-state index in [1.807, 2.05) is 30.3 Å². The number of unbranched alkanes of at least 4 members (excludes halogenated alkanes) is 1. The lowest BCUT2D eigenvalue weighted by molar-refractivity contribution is -0.137. The van der Waals surface area contributed by atoms with E-state index < -0.39 is 5.97 Å². The molecule has 0 heterocycles. The van der Waals surface area contributed by atoms with E-state index in [4.69, 9.17) is 9.84 Å². The molecule has 0 atom stereocenters. The summed E-state index contributed by atoms with van der Waals surface area (Å²) in [6, 6.07) is 12.1. The molecule has 0 aromatic heterocycles. The number of nitrogens with one attached hydrogen (secondary N) is 1. The molecular weight excluding hydrogens is 306 g/mol. The predicted molar refractivity (Wildman–Crippen MR) is 93.3 cm³/mol. The molecule has 0 aliphatic heterocycles. The average molecular weight is 329 g/mol. The molecule has 5 heteroatoms. The summed E-state index contributed by atoms with van der Waals surface area (Å²) >= 11 is 0. The van der Waals surface area contributed by atoms with Gasteiger partial charge in [0.15, 0.2) is 0 Å². The first kappa shape index (κ1) is 17.8. The number of benzene rings is 2. The Bertz CT molecular complexity index is 712. The van der Waals surface area contributed by atoms with Crippen LogP contribution in [0.25, 0.3) is 10.8 Å². The topological polar surface area (TPSA) is 75.6 Å². The van der Waals surface area contributed by atoms with Crippen LogP contribution in [0.15, 0.2) is 36.4 Å². The standard InChI is InChI=1S/C19H23NO4/c1-14(21)20-11-10-16-6-4-5-15-8-9-17(13-18(15)16)24-12-3-2-7-19(22)23/h4-6,8-9,13H,2-3,7,10-12H2,1H3,(H,20,21)(H,22,23). The van der Waals surface area contributed by atoms with Gasteiger partial charge in [-0.15, -0.1) is 0 Å². The quantitative estimate of drug-likeness (QED) is 0.693. The van der Waals surface area contributed by atoms with Crippen molar-refractivity contribution in [2.45, 2.75) is 32.6 Å². The average Bonchev–Trinajstić information content (AvgIpc) is 2.54. The van der Waals surface area contributed by atoms with Gasteiger partial charge in [0.05, 0.1) is 6.61 Å². The van der Waals surface area contributed by atoms with Crippen LogP contribution in [0.4, 0.5) is 0 Å². The Morgan fingerprint density at radius 1 is 1.17 bits per heavy atom. The van der Waals surface area contributed by atoms with Crippen molar-refractivity contribution in [3.63, 3.8) is 0 Å². The van der Waals surface area contributed by atoms with E-state index in [0.29, 0.717) is 26.0 Å². The summed E-state index contributed by atoms with van der Waals surface area (Å²) in [4.78, 5) is 21.5. The number of hydrogen-bond donors (Lipinski definition) is 2. The predicted octanol–water partition coefficient (Wildman–Crippen LogP) is 3.15. The monoisotopic (exact) mass is 329 g/mol. The molecule has 2 aromatic rings. The number of carboxylic acids is 1. The van der Waals surface area contributed by atoms with E-state index in [2.05, 4.69) is 11.4 Å². The Balaban J connectivity index is 1.99. The van der Waals surface area contributed by atoms with Crippen LogP contribution < -0.4 is 10.1 Å². The maximum Gasteiger partial charge on any atom is 0.303 e. The lowest BCUT2D eigenvalue weighted by Gasteiger charge is -2.10. The first-order valence-electron chi connectivity index (χ1n) is 8.17. The highest BCUT2D eigenvalue weighted by molar-refractivity contribution is 5.87. The zero-order valence-electron chi connectivity index (χ0n) is 13.9. The minimum absolute atomic E-state index is 0.0272. The number of ether oxygens (including phenoxy) is 1. The van der Waals surface area contributed by atoms with E-state index in [0.717, 1.165) is 28.5 Å². The van der Waals surface area contributed by atoms with Gasteiger partial charge in [-0.25, -0.2) is 0 Å². The van der Waals surface area contributed by atoms with E-state index in [-0.39, 0.29) is 12.3 Å². The minimum atomic E-state index is -0.774. The summed E-state index contributed by atoms with van der Waals surface area (Å²) in [5.74, 6) is -0.0186. The number of amides is 1. The van der Waals surface area contributed by atoms with Crippen molar-refractivity contribution in [2.75, 3.05) is 13.2 Å². The van der Waals surface area contributed by atoms with Gasteiger partial charge in [-0.1, -0.05) is 24.3 Å². The molecule has 0 aliphatic rings. The molecule has 0 saturated heterocycles. The van der Waals surface area contributed by atoms with Crippen LogP contribution in [0, 0.1) is 0 Å². The lowest BCUT2D eigenvalue weighted by atomic mass is 10.0. The molecule has 0 aliphatic carbocycles. The third-order valence-electron chi connectivity index (χ3n) is 3.77. The van der Waals surface area contributed by atoms with Gasteiger partial charge in [-0.05, 0) is 47.7 Å². The summed E-state index contributed by atoms with van der Waals surface area (Å²) in [5, 5.41) is 13.7. The summed E-state index contributed by atoms with van der Waals surface area (Å²) in [6.45, 7) is 2.63. The molecule has 0 radical (unpaired) electrons. The molecule has 0 fully saturated rings. The number of hydrogen-bond acceptors (Lipinski definition) is 3. The van der Waals surface area contributed by atoms with Crippen molar-refractivity contribution < 1.29 is 19.4 Å². The summed E-state index contributed by atoms with van der Waals surface area (Å²) in [5.41, 5.74) is 1.16. The normalized spacial score (nSPS) is 10.5. The molecule has 128 valence electrons. The van der Waals surface area contributed by atoms with Crippen LogP contribution >= 0.6 is 0 Å². The van der Waals surface area contributed by atoms with Crippen molar-refractivity contribution in [1.82, 2.24) is 5.32 Å². The molecule has 2 rings (SSSR count). The molecule has 0 spiro atoms. The highest BCUT2D eigenvalue weighted by Crippen LogP contribution is 2.24. The smallest absolute Gasteiger partial charge is 0.303 e. The highest BCUT2D eigenvalue weighted by atomic mass is 16.5. The number of carbonyl (C=O) groups is 2. The van der Waals surface area contributed by atoms with Crippen LogP contribution in [-0.2, 0) is 16.0 Å². The van der Waals surface area contributed by atoms with Gasteiger partial charge >= 0.3 is 5.97 Å². The SMILES string of the molecule is CC(=O)NCCc1cccc2ccc(OCCCCC(=O)O)cc12. The Morgan fingerprint density at radius 3 is 2.75 bits per heavy atom. The zero-order chi connectivity index (χ0) is 17.4. The van der Waals surface area contributed by atoms with Crippen molar-refractivity contribution in [1.29, 1.82) is 0 Å². The van der Waals surface area contributed by atoms with Gasteiger partial charge < -0.3 is 15.2 Å². The second-order valence-corrected chi connectivity index (χ2v) is 5.73. The van der Waals surface area contributed by atoms with E-state index in [1.165, 1.54) is 6.92 Å². The fourth-order valence-electron chi connectivity index (χ4n) is 2.57. The molecule has 0 bridgehead atoms. The molecule has 0 unspecified atom stereocenters. The fraction of sp³-hybridized carbons (Fsp3) is 0.368. The van der Waals surface area contributed by atoms with Crippen molar-refractivity contribution in [2.24, 2.45) is 0 Å². The molecule has 2 N–H and O–H groups in total. The molecule has 5 nitrogen and oxygen atoms in total. The number of rotatable bonds is 9. The third kappa shape index (κ3) is 5.57. The Kier molecular flexibility index (Phi) is 6.61. The van der Waals surface area contributed by atoms with Gasteiger partial charge in [0.2, 0.25) is 5.91 Å². The lowest BCUT2D eigenvalue weighted by Crippen LogP contribution is -2.22. The molecule has 0 saturated carbocycles. The van der Waals surface area contributed by atoms with Crippen molar-refractivity contribution in [3.8, 4) is 5.75 Å². The minimum Gasteiger partial charge on any atom is -0.494 e. The molecule has 24 heavy (non-hydrogen) atoms.